The maximum atomic E-state index is 11.7. The SMILES string of the molecule is COC(=O)c1sc(N2Cc3c(OC)ccc(OC)c3[C@H](O)C2)nc1Cl. The summed E-state index contributed by atoms with van der Waals surface area (Å²) in [4.78, 5) is 18.0. The maximum absolute atomic E-state index is 11.7. The number of hydrogen-bond donors (Lipinski definition) is 1. The third-order valence-corrected chi connectivity index (χ3v) is 5.49. The number of aromatic nitrogens is 1. The first kappa shape index (κ1) is 17.8. The number of fused-ring (bicyclic) bond motifs is 1. The zero-order chi connectivity index (χ0) is 18.1. The fraction of sp³-hybridized carbons (Fsp3) is 0.375. The van der Waals surface area contributed by atoms with E-state index in [9.17, 15) is 9.90 Å². The highest BCUT2D eigenvalue weighted by Crippen LogP contribution is 2.42. The average Bonchev–Trinajstić information content (AvgIpc) is 3.01. The molecule has 134 valence electrons. The van der Waals surface area contributed by atoms with Crippen LogP contribution in [0.2, 0.25) is 5.15 Å². The number of aliphatic hydroxyl groups is 1. The Kier molecular flexibility index (Phi) is 5.03. The van der Waals surface area contributed by atoms with Gasteiger partial charge in [-0.25, -0.2) is 9.78 Å². The Hall–Kier alpha value is -2.03. The second-order valence-corrected chi connectivity index (χ2v) is 6.70. The van der Waals surface area contributed by atoms with E-state index in [1.807, 2.05) is 4.90 Å². The third-order valence-electron chi connectivity index (χ3n) is 4.01. The summed E-state index contributed by atoms with van der Waals surface area (Å²) in [5.41, 5.74) is 1.51. The van der Waals surface area contributed by atoms with Crippen molar-refractivity contribution in [1.82, 2.24) is 4.98 Å². The first-order valence-electron chi connectivity index (χ1n) is 7.41. The highest BCUT2D eigenvalue weighted by molar-refractivity contribution is 7.18. The molecule has 0 spiro atoms. The zero-order valence-corrected chi connectivity index (χ0v) is 15.5. The molecule has 1 aromatic heterocycles. The lowest BCUT2D eigenvalue weighted by Gasteiger charge is -2.33. The number of methoxy groups -OCH3 is 3. The van der Waals surface area contributed by atoms with E-state index in [2.05, 4.69) is 4.98 Å². The fourth-order valence-electron chi connectivity index (χ4n) is 2.87. The summed E-state index contributed by atoms with van der Waals surface area (Å²) in [6.45, 7) is 0.734. The molecule has 1 aliphatic heterocycles. The lowest BCUT2D eigenvalue weighted by Crippen LogP contribution is -2.34. The van der Waals surface area contributed by atoms with Crippen LogP contribution in [0.15, 0.2) is 12.1 Å². The molecule has 0 unspecified atom stereocenters. The van der Waals surface area contributed by atoms with E-state index in [0.717, 1.165) is 16.9 Å². The monoisotopic (exact) mass is 384 g/mol. The van der Waals surface area contributed by atoms with Gasteiger partial charge in [-0.05, 0) is 12.1 Å². The van der Waals surface area contributed by atoms with Gasteiger partial charge in [-0.15, -0.1) is 0 Å². The molecule has 9 heteroatoms. The van der Waals surface area contributed by atoms with E-state index in [0.29, 0.717) is 35.3 Å². The summed E-state index contributed by atoms with van der Waals surface area (Å²) in [5.74, 6) is 0.719. The van der Waals surface area contributed by atoms with Crippen LogP contribution >= 0.6 is 22.9 Å². The molecular weight excluding hydrogens is 368 g/mol. The predicted molar refractivity (Wildman–Crippen MR) is 94.0 cm³/mol. The van der Waals surface area contributed by atoms with Crippen LogP contribution in [-0.2, 0) is 11.3 Å². The molecular formula is C16H17ClN2O5S. The van der Waals surface area contributed by atoms with E-state index >= 15 is 0 Å². The molecule has 3 rings (SSSR count). The number of β-amino-alcohol motifs (C(OH)–C–C–N with tert-alkyl or cyclic N) is 1. The maximum Gasteiger partial charge on any atom is 0.351 e. The van der Waals surface area contributed by atoms with Gasteiger partial charge in [0.25, 0.3) is 0 Å². The molecule has 2 aromatic rings. The topological polar surface area (TPSA) is 81.1 Å². The van der Waals surface area contributed by atoms with Gasteiger partial charge in [-0.1, -0.05) is 22.9 Å². The number of nitrogens with zero attached hydrogens (tertiary/aromatic N) is 2. The fourth-order valence-corrected chi connectivity index (χ4v) is 4.07. The molecule has 1 N–H and O–H groups in total. The van der Waals surface area contributed by atoms with Crippen molar-refractivity contribution in [3.63, 3.8) is 0 Å². The Labute approximate surface area is 153 Å². The van der Waals surface area contributed by atoms with Crippen molar-refractivity contribution < 1.29 is 24.1 Å². The summed E-state index contributed by atoms with van der Waals surface area (Å²) in [5, 5.41) is 11.2. The third kappa shape index (κ3) is 3.12. The molecule has 0 aliphatic carbocycles. The van der Waals surface area contributed by atoms with Crippen LogP contribution in [0.3, 0.4) is 0 Å². The van der Waals surface area contributed by atoms with Gasteiger partial charge in [0.05, 0.1) is 27.9 Å². The number of carbonyl (C=O) groups excluding carboxylic acids is 1. The van der Waals surface area contributed by atoms with E-state index in [1.165, 1.54) is 7.11 Å². The number of halogens is 1. The van der Waals surface area contributed by atoms with Crippen LogP contribution in [0.5, 0.6) is 11.5 Å². The lowest BCUT2D eigenvalue weighted by atomic mass is 9.95. The van der Waals surface area contributed by atoms with Crippen molar-refractivity contribution in [2.24, 2.45) is 0 Å². The second kappa shape index (κ2) is 7.07. The van der Waals surface area contributed by atoms with Gasteiger partial charge < -0.3 is 24.2 Å². The summed E-state index contributed by atoms with van der Waals surface area (Å²) < 4.78 is 15.5. The van der Waals surface area contributed by atoms with Crippen LogP contribution in [0, 0.1) is 0 Å². The molecule has 25 heavy (non-hydrogen) atoms. The van der Waals surface area contributed by atoms with Crippen LogP contribution in [0.1, 0.15) is 26.9 Å². The first-order valence-corrected chi connectivity index (χ1v) is 8.61. The molecule has 0 radical (unpaired) electrons. The Morgan fingerprint density at radius 2 is 2.00 bits per heavy atom. The molecule has 1 atom stereocenters. The number of esters is 1. The molecule has 1 aliphatic rings. The average molecular weight is 385 g/mol. The molecule has 0 bridgehead atoms. The molecule has 7 nitrogen and oxygen atoms in total. The molecule has 0 amide bonds. The Balaban J connectivity index is 2.00. The highest BCUT2D eigenvalue weighted by atomic mass is 35.5. The van der Waals surface area contributed by atoms with Gasteiger partial charge in [0, 0.05) is 17.7 Å². The Morgan fingerprint density at radius 3 is 2.64 bits per heavy atom. The van der Waals surface area contributed by atoms with Gasteiger partial charge in [-0.2, -0.15) is 0 Å². The van der Waals surface area contributed by atoms with Gasteiger partial charge in [0.1, 0.15) is 17.6 Å². The summed E-state index contributed by atoms with van der Waals surface area (Å²) in [7, 11) is 4.42. The van der Waals surface area contributed by atoms with Crippen LogP contribution < -0.4 is 14.4 Å². The number of anilines is 1. The van der Waals surface area contributed by atoms with Crippen molar-refractivity contribution in [3.05, 3.63) is 33.3 Å². The molecule has 1 aromatic carbocycles. The van der Waals surface area contributed by atoms with E-state index in [1.54, 1.807) is 26.4 Å². The van der Waals surface area contributed by atoms with E-state index < -0.39 is 12.1 Å². The number of rotatable bonds is 4. The summed E-state index contributed by atoms with van der Waals surface area (Å²) >= 11 is 7.17. The normalized spacial score (nSPS) is 16.4. The van der Waals surface area contributed by atoms with E-state index in [4.69, 9.17) is 25.8 Å². The van der Waals surface area contributed by atoms with Gasteiger partial charge >= 0.3 is 5.97 Å². The van der Waals surface area contributed by atoms with Gasteiger partial charge in [0.15, 0.2) is 15.2 Å². The summed E-state index contributed by atoms with van der Waals surface area (Å²) in [6, 6.07) is 3.56. The van der Waals surface area contributed by atoms with Gasteiger partial charge in [0.2, 0.25) is 0 Å². The van der Waals surface area contributed by atoms with Crippen molar-refractivity contribution in [1.29, 1.82) is 0 Å². The lowest BCUT2D eigenvalue weighted by molar-refractivity contribution is 0.0606. The number of thiazole rings is 1. The number of benzene rings is 1. The van der Waals surface area contributed by atoms with Crippen LogP contribution in [0.25, 0.3) is 0 Å². The number of ether oxygens (including phenoxy) is 3. The van der Waals surface area contributed by atoms with Crippen molar-refractivity contribution >= 4 is 34.0 Å². The van der Waals surface area contributed by atoms with Crippen molar-refractivity contribution in [2.75, 3.05) is 32.8 Å². The quantitative estimate of drug-likeness (QED) is 0.811. The van der Waals surface area contributed by atoms with Gasteiger partial charge in [-0.3, -0.25) is 0 Å². The van der Waals surface area contributed by atoms with Crippen LogP contribution in [0.4, 0.5) is 5.13 Å². The minimum Gasteiger partial charge on any atom is -0.496 e. The molecule has 0 saturated carbocycles. The summed E-state index contributed by atoms with van der Waals surface area (Å²) in [6.07, 6.45) is -0.793. The number of carbonyl (C=O) groups is 1. The molecule has 0 saturated heterocycles. The highest BCUT2D eigenvalue weighted by Gasteiger charge is 2.32. The molecule has 0 fully saturated rings. The Morgan fingerprint density at radius 1 is 1.32 bits per heavy atom. The van der Waals surface area contributed by atoms with Crippen molar-refractivity contribution in [3.8, 4) is 11.5 Å². The zero-order valence-electron chi connectivity index (χ0n) is 13.9. The van der Waals surface area contributed by atoms with Crippen LogP contribution in [-0.4, -0.2) is 43.9 Å². The standard InChI is InChI=1S/C16H17ClN2O5S/c1-22-10-4-5-11(23-2)12-8(10)6-19(7-9(12)20)16-18-14(17)13(25-16)15(21)24-3/h4-5,9,20H,6-7H2,1-3H3/t9-/m1/s1. The second-order valence-electron chi connectivity index (χ2n) is 5.37. The predicted octanol–water partition coefficient (Wildman–Crippen LogP) is 2.65. The smallest absolute Gasteiger partial charge is 0.351 e. The van der Waals surface area contributed by atoms with Crippen molar-refractivity contribution in [2.45, 2.75) is 12.6 Å². The Bertz CT molecular complexity index is 810. The molecule has 2 heterocycles. The number of hydrogen-bond acceptors (Lipinski definition) is 8. The largest absolute Gasteiger partial charge is 0.496 e. The minimum atomic E-state index is -0.793. The first-order chi connectivity index (χ1) is 12.0. The number of aliphatic hydroxyl groups excluding tert-OH is 1. The van der Waals surface area contributed by atoms with E-state index in [-0.39, 0.29) is 10.0 Å². The minimum absolute atomic E-state index is 0.0877.